The van der Waals surface area contributed by atoms with E-state index in [-0.39, 0.29) is 15.8 Å². The van der Waals surface area contributed by atoms with Gasteiger partial charge in [0.1, 0.15) is 6.20 Å². The molecule has 9 heteroatoms. The molecule has 1 aromatic heterocycles. The molecule has 0 amide bonds. The lowest BCUT2D eigenvalue weighted by Gasteiger charge is -1.92. The third kappa shape index (κ3) is 3.16. The predicted octanol–water partition coefficient (Wildman–Crippen LogP) is 2.71. The molecule has 1 heterocycles. The van der Waals surface area contributed by atoms with Gasteiger partial charge in [-0.1, -0.05) is 0 Å². The summed E-state index contributed by atoms with van der Waals surface area (Å²) in [7, 11) is 0. The highest BCUT2D eigenvalue weighted by Crippen LogP contribution is 2.27. The Morgan fingerprint density at radius 2 is 1.84 bits per heavy atom. The molecule has 2 rings (SSSR count). The van der Waals surface area contributed by atoms with E-state index in [0.717, 1.165) is 17.5 Å². The van der Waals surface area contributed by atoms with Gasteiger partial charge in [-0.2, -0.15) is 0 Å². The molecular formula is C10H6N4O4S. The van der Waals surface area contributed by atoms with Crippen LogP contribution in [0.2, 0.25) is 0 Å². The molecule has 0 saturated heterocycles. The van der Waals surface area contributed by atoms with Crippen molar-refractivity contribution in [3.05, 3.63) is 56.3 Å². The maximum Gasteiger partial charge on any atom is 0.345 e. The summed E-state index contributed by atoms with van der Waals surface area (Å²) in [6.45, 7) is 0. The van der Waals surface area contributed by atoms with Gasteiger partial charge in [0.25, 0.3) is 5.69 Å². The second kappa shape index (κ2) is 5.31. The molecule has 0 radical (unpaired) electrons. The van der Waals surface area contributed by atoms with Crippen molar-refractivity contribution in [3.8, 4) is 0 Å². The summed E-state index contributed by atoms with van der Waals surface area (Å²) >= 11 is 0.852. The Morgan fingerprint density at radius 3 is 2.37 bits per heavy atom. The second-order valence-electron chi connectivity index (χ2n) is 3.35. The lowest BCUT2D eigenvalue weighted by molar-refractivity contribution is -0.384. The van der Waals surface area contributed by atoms with Crippen LogP contribution in [0.5, 0.6) is 0 Å². The van der Waals surface area contributed by atoms with E-state index < -0.39 is 9.85 Å². The van der Waals surface area contributed by atoms with Crippen molar-refractivity contribution >= 4 is 33.4 Å². The van der Waals surface area contributed by atoms with Crippen molar-refractivity contribution in [1.82, 2.24) is 4.98 Å². The second-order valence-corrected chi connectivity index (χ2v) is 4.33. The van der Waals surface area contributed by atoms with Gasteiger partial charge >= 0.3 is 5.00 Å². The van der Waals surface area contributed by atoms with Gasteiger partial charge in [0.15, 0.2) is 0 Å². The Bertz CT molecular complexity index is 650. The molecule has 0 saturated carbocycles. The van der Waals surface area contributed by atoms with Gasteiger partial charge in [0, 0.05) is 18.3 Å². The highest BCUT2D eigenvalue weighted by molar-refractivity contribution is 7.18. The number of benzene rings is 1. The van der Waals surface area contributed by atoms with Crippen molar-refractivity contribution in [2.75, 3.05) is 0 Å². The molecule has 1 aromatic carbocycles. The predicted molar refractivity (Wildman–Crippen MR) is 69.1 cm³/mol. The number of hydrogen-bond acceptors (Lipinski definition) is 7. The Hall–Kier alpha value is -2.68. The lowest BCUT2D eigenvalue weighted by atomic mass is 10.2. The van der Waals surface area contributed by atoms with Gasteiger partial charge in [0.2, 0.25) is 5.13 Å². The number of nitro groups is 2. The van der Waals surface area contributed by atoms with E-state index in [0.29, 0.717) is 5.56 Å². The van der Waals surface area contributed by atoms with Gasteiger partial charge in [0.05, 0.1) is 9.85 Å². The number of hydrogen-bond donors (Lipinski definition) is 0. The molecule has 0 aliphatic carbocycles. The van der Waals surface area contributed by atoms with E-state index in [4.69, 9.17) is 0 Å². The van der Waals surface area contributed by atoms with E-state index in [1.807, 2.05) is 0 Å². The number of nitrogens with zero attached hydrogens (tertiary/aromatic N) is 4. The first-order valence-electron chi connectivity index (χ1n) is 4.95. The first-order valence-corrected chi connectivity index (χ1v) is 5.76. The lowest BCUT2D eigenvalue weighted by Crippen LogP contribution is -1.88. The number of thiazole rings is 1. The Morgan fingerprint density at radius 1 is 1.16 bits per heavy atom. The van der Waals surface area contributed by atoms with Crippen molar-refractivity contribution in [1.29, 1.82) is 0 Å². The van der Waals surface area contributed by atoms with Crippen LogP contribution in [0.4, 0.5) is 15.8 Å². The van der Waals surface area contributed by atoms with E-state index in [9.17, 15) is 20.2 Å². The zero-order chi connectivity index (χ0) is 13.8. The molecule has 0 aliphatic rings. The minimum Gasteiger partial charge on any atom is -0.258 e. The summed E-state index contributed by atoms with van der Waals surface area (Å²) in [5, 5.41) is 21.1. The Kier molecular flexibility index (Phi) is 3.57. The first kappa shape index (κ1) is 12.8. The topological polar surface area (TPSA) is 112 Å². The van der Waals surface area contributed by atoms with Crippen molar-refractivity contribution < 1.29 is 9.85 Å². The molecule has 0 unspecified atom stereocenters. The van der Waals surface area contributed by atoms with Crippen LogP contribution < -0.4 is 0 Å². The molecule has 2 aromatic rings. The van der Waals surface area contributed by atoms with Crippen molar-refractivity contribution in [2.24, 2.45) is 4.99 Å². The average Bonchev–Trinajstić information content (AvgIpc) is 2.86. The van der Waals surface area contributed by atoms with E-state index in [1.54, 1.807) is 0 Å². The molecule has 0 bridgehead atoms. The van der Waals surface area contributed by atoms with Crippen LogP contribution in [0.25, 0.3) is 0 Å². The van der Waals surface area contributed by atoms with Crippen LogP contribution in [0.1, 0.15) is 5.56 Å². The summed E-state index contributed by atoms with van der Waals surface area (Å²) in [6, 6.07) is 5.77. The molecule has 0 spiro atoms. The third-order valence-electron chi connectivity index (χ3n) is 2.09. The van der Waals surface area contributed by atoms with Crippen molar-refractivity contribution in [3.63, 3.8) is 0 Å². The van der Waals surface area contributed by atoms with Crippen LogP contribution in [0.15, 0.2) is 35.5 Å². The maximum absolute atomic E-state index is 10.5. The summed E-state index contributed by atoms with van der Waals surface area (Å²) < 4.78 is 0. The smallest absolute Gasteiger partial charge is 0.258 e. The number of rotatable bonds is 4. The van der Waals surface area contributed by atoms with Gasteiger partial charge in [-0.05, 0) is 29.0 Å². The third-order valence-corrected chi connectivity index (χ3v) is 2.95. The summed E-state index contributed by atoms with van der Waals surface area (Å²) in [5.74, 6) is 0. The minimum absolute atomic E-state index is 0.0120. The molecule has 0 N–H and O–H groups in total. The Labute approximate surface area is 110 Å². The van der Waals surface area contributed by atoms with Gasteiger partial charge in [-0.25, -0.2) is 9.98 Å². The van der Waals surface area contributed by atoms with Gasteiger partial charge in [-0.15, -0.1) is 0 Å². The van der Waals surface area contributed by atoms with Gasteiger partial charge in [-0.3, -0.25) is 20.2 Å². The molecule has 96 valence electrons. The van der Waals surface area contributed by atoms with Gasteiger partial charge < -0.3 is 0 Å². The fraction of sp³-hybridized carbons (Fsp3) is 0. The molecule has 8 nitrogen and oxygen atoms in total. The van der Waals surface area contributed by atoms with E-state index in [1.165, 1.54) is 30.5 Å². The normalized spacial score (nSPS) is 10.7. The highest BCUT2D eigenvalue weighted by atomic mass is 32.1. The SMILES string of the molecule is O=[N+]([O-])c1ccc(C=Nc2ncc([N+](=O)[O-])s2)cc1. The quantitative estimate of drug-likeness (QED) is 0.485. The van der Waals surface area contributed by atoms with Crippen LogP contribution in [-0.4, -0.2) is 21.0 Å². The van der Waals surface area contributed by atoms with Crippen LogP contribution in [0, 0.1) is 20.2 Å². The number of nitro benzene ring substituents is 1. The highest BCUT2D eigenvalue weighted by Gasteiger charge is 2.10. The fourth-order valence-electron chi connectivity index (χ4n) is 1.21. The summed E-state index contributed by atoms with van der Waals surface area (Å²) in [4.78, 5) is 27.6. The summed E-state index contributed by atoms with van der Waals surface area (Å²) in [6.07, 6.45) is 2.57. The standard InChI is InChI=1S/C10H6N4O4S/c15-13(16)8-3-1-7(2-4-8)5-11-10-12-6-9(19-10)14(17)18/h1-6H. The zero-order valence-corrected chi connectivity index (χ0v) is 10.1. The largest absolute Gasteiger partial charge is 0.345 e. The van der Waals surface area contributed by atoms with Crippen molar-refractivity contribution in [2.45, 2.75) is 0 Å². The van der Waals surface area contributed by atoms with E-state index in [2.05, 4.69) is 9.98 Å². The zero-order valence-electron chi connectivity index (χ0n) is 9.29. The number of non-ortho nitro benzene ring substituents is 1. The van der Waals surface area contributed by atoms with Crippen LogP contribution in [-0.2, 0) is 0 Å². The Balaban J connectivity index is 2.13. The molecule has 0 atom stereocenters. The minimum atomic E-state index is -0.539. The fourth-order valence-corrected chi connectivity index (χ4v) is 1.79. The average molecular weight is 278 g/mol. The summed E-state index contributed by atoms with van der Waals surface area (Å²) in [5.41, 5.74) is 0.630. The first-order chi connectivity index (χ1) is 9.06. The van der Waals surface area contributed by atoms with E-state index >= 15 is 0 Å². The molecule has 0 aliphatic heterocycles. The number of aliphatic imine (C=N–C) groups is 1. The van der Waals surface area contributed by atoms with Crippen LogP contribution >= 0.6 is 11.3 Å². The monoisotopic (exact) mass is 278 g/mol. The van der Waals surface area contributed by atoms with Crippen LogP contribution in [0.3, 0.4) is 0 Å². The maximum atomic E-state index is 10.5. The molecule has 19 heavy (non-hydrogen) atoms. The molecular weight excluding hydrogens is 272 g/mol. The number of aromatic nitrogens is 1. The molecule has 0 fully saturated rings.